The molecule has 1 aromatic carbocycles. The first kappa shape index (κ1) is 15.9. The van der Waals surface area contributed by atoms with Crippen molar-refractivity contribution in [1.29, 1.82) is 0 Å². The highest BCUT2D eigenvalue weighted by Crippen LogP contribution is 2.29. The zero-order valence-electron chi connectivity index (χ0n) is 13.8. The molecule has 2 aromatic rings. The number of ketones is 2. The lowest BCUT2D eigenvalue weighted by atomic mass is 9.84. The van der Waals surface area contributed by atoms with E-state index in [0.717, 1.165) is 5.56 Å². The number of benzene rings is 1. The van der Waals surface area contributed by atoms with Gasteiger partial charge in [-0.3, -0.25) is 14.6 Å². The second kappa shape index (κ2) is 6.28. The number of hydrogen-bond acceptors (Lipinski definition) is 5. The fourth-order valence-corrected chi connectivity index (χ4v) is 2.80. The van der Waals surface area contributed by atoms with Gasteiger partial charge in [0.1, 0.15) is 17.2 Å². The molecule has 0 spiro atoms. The second-order valence-electron chi connectivity index (χ2n) is 5.56. The summed E-state index contributed by atoms with van der Waals surface area (Å²) in [5, 5.41) is 0. The molecule has 0 unspecified atom stereocenters. The number of Topliss-reactive ketones (excluding diaryl/α,β-unsaturated/α-hetero) is 2. The minimum Gasteiger partial charge on any atom is -0.497 e. The van der Waals surface area contributed by atoms with Crippen molar-refractivity contribution in [3.05, 3.63) is 64.5 Å². The minimum absolute atomic E-state index is 0.156. The third-order valence-electron chi connectivity index (χ3n) is 4.13. The molecular formula is C19H17NO4. The van der Waals surface area contributed by atoms with Crippen LogP contribution in [-0.2, 0) is 6.42 Å². The van der Waals surface area contributed by atoms with E-state index in [-0.39, 0.29) is 17.3 Å². The quantitative estimate of drug-likeness (QED) is 0.865. The lowest BCUT2D eigenvalue weighted by Crippen LogP contribution is -2.23. The van der Waals surface area contributed by atoms with Gasteiger partial charge in [0, 0.05) is 29.8 Å². The van der Waals surface area contributed by atoms with Gasteiger partial charge in [-0.2, -0.15) is 0 Å². The van der Waals surface area contributed by atoms with Crippen molar-refractivity contribution in [3.63, 3.8) is 0 Å². The number of nitrogens with zero attached hydrogens (tertiary/aromatic N) is 1. The van der Waals surface area contributed by atoms with Crippen molar-refractivity contribution >= 4 is 11.6 Å². The Hall–Kier alpha value is -2.95. The number of allylic oxidation sites excluding steroid dienone is 2. The molecule has 1 aromatic heterocycles. The highest BCUT2D eigenvalue weighted by molar-refractivity contribution is 6.26. The molecule has 1 heterocycles. The summed E-state index contributed by atoms with van der Waals surface area (Å²) in [6, 6.07) is 8.73. The molecule has 0 atom stereocenters. The molecule has 0 bridgehead atoms. The van der Waals surface area contributed by atoms with Crippen molar-refractivity contribution in [3.8, 4) is 11.5 Å². The number of rotatable bonds is 4. The Bertz CT molecular complexity index is 845. The fraction of sp³-hybridized carbons (Fsp3) is 0.211. The number of hydrogen-bond donors (Lipinski definition) is 0. The Balaban J connectivity index is 2.03. The van der Waals surface area contributed by atoms with E-state index in [1.165, 1.54) is 6.20 Å². The number of methoxy groups -OCH3 is 2. The summed E-state index contributed by atoms with van der Waals surface area (Å²) in [6.07, 6.45) is 1.85. The van der Waals surface area contributed by atoms with Gasteiger partial charge < -0.3 is 9.47 Å². The molecule has 24 heavy (non-hydrogen) atoms. The van der Waals surface area contributed by atoms with Crippen LogP contribution in [0, 0.1) is 0 Å². The maximum atomic E-state index is 12.8. The van der Waals surface area contributed by atoms with Gasteiger partial charge in [0.2, 0.25) is 5.78 Å². The van der Waals surface area contributed by atoms with Gasteiger partial charge in [0.15, 0.2) is 5.78 Å². The molecule has 3 rings (SSSR count). The molecule has 1 aliphatic carbocycles. The normalized spacial score (nSPS) is 13.8. The van der Waals surface area contributed by atoms with E-state index >= 15 is 0 Å². The number of pyridine rings is 1. The lowest BCUT2D eigenvalue weighted by Gasteiger charge is -2.18. The molecule has 0 N–H and O–H groups in total. The van der Waals surface area contributed by atoms with E-state index in [1.54, 1.807) is 39.3 Å². The summed E-state index contributed by atoms with van der Waals surface area (Å²) < 4.78 is 10.5. The van der Waals surface area contributed by atoms with Gasteiger partial charge in [-0.15, -0.1) is 0 Å². The predicted octanol–water partition coefficient (Wildman–Crippen LogP) is 3.04. The third-order valence-corrected chi connectivity index (χ3v) is 4.13. The molecule has 0 fully saturated rings. The monoisotopic (exact) mass is 323 g/mol. The molecule has 122 valence electrons. The molecule has 0 aliphatic heterocycles. The fourth-order valence-electron chi connectivity index (χ4n) is 2.80. The Morgan fingerprint density at radius 3 is 2.29 bits per heavy atom. The van der Waals surface area contributed by atoms with Crippen LogP contribution in [0.25, 0.3) is 0 Å². The van der Waals surface area contributed by atoms with E-state index in [9.17, 15) is 9.59 Å². The van der Waals surface area contributed by atoms with Gasteiger partial charge in [0.25, 0.3) is 0 Å². The highest BCUT2D eigenvalue weighted by Gasteiger charge is 2.30. The largest absolute Gasteiger partial charge is 0.497 e. The van der Waals surface area contributed by atoms with Gasteiger partial charge in [-0.05, 0) is 36.8 Å². The lowest BCUT2D eigenvalue weighted by molar-refractivity contribution is 0.0969. The molecule has 5 nitrogen and oxygen atoms in total. The highest BCUT2D eigenvalue weighted by atomic mass is 16.5. The van der Waals surface area contributed by atoms with Crippen LogP contribution in [-0.4, -0.2) is 30.8 Å². The van der Waals surface area contributed by atoms with Crippen molar-refractivity contribution in [1.82, 2.24) is 4.98 Å². The van der Waals surface area contributed by atoms with Gasteiger partial charge in [-0.25, -0.2) is 0 Å². The van der Waals surface area contributed by atoms with Crippen LogP contribution in [0.2, 0.25) is 0 Å². The summed E-state index contributed by atoms with van der Waals surface area (Å²) in [5.41, 5.74) is 2.35. The maximum Gasteiger partial charge on any atom is 0.208 e. The average molecular weight is 323 g/mol. The van der Waals surface area contributed by atoms with Crippen LogP contribution in [0.3, 0.4) is 0 Å². The summed E-state index contributed by atoms with van der Waals surface area (Å²) in [4.78, 5) is 29.3. The molecule has 0 saturated heterocycles. The van der Waals surface area contributed by atoms with Crippen LogP contribution in [0.1, 0.15) is 33.3 Å². The number of carbonyl (C=O) groups is 2. The summed E-state index contributed by atoms with van der Waals surface area (Å²) >= 11 is 0. The van der Waals surface area contributed by atoms with Crippen molar-refractivity contribution in [2.45, 2.75) is 13.3 Å². The number of carbonyl (C=O) groups excluding carboxylic acids is 2. The average Bonchev–Trinajstić information content (AvgIpc) is 2.63. The standard InChI is InChI=1S/C19H17NO4/c1-11-16(9-12-7-13(23-2)10-14(8-12)24-3)19(22)15-5-4-6-20-17(15)18(11)21/h4-8,10H,9H2,1-3H3. The summed E-state index contributed by atoms with van der Waals surface area (Å²) in [5.74, 6) is 0.922. The van der Waals surface area contributed by atoms with Crippen LogP contribution in [0.15, 0.2) is 47.7 Å². The minimum atomic E-state index is -0.199. The second-order valence-corrected chi connectivity index (χ2v) is 5.56. The van der Waals surface area contributed by atoms with Crippen molar-refractivity contribution in [2.75, 3.05) is 14.2 Å². The Morgan fingerprint density at radius 1 is 1.00 bits per heavy atom. The molecular weight excluding hydrogens is 306 g/mol. The zero-order valence-corrected chi connectivity index (χ0v) is 13.8. The number of fused-ring (bicyclic) bond motifs is 1. The van der Waals surface area contributed by atoms with E-state index in [0.29, 0.717) is 34.6 Å². The number of ether oxygens (including phenoxy) is 2. The number of aromatic nitrogens is 1. The van der Waals surface area contributed by atoms with Gasteiger partial charge in [0.05, 0.1) is 19.8 Å². The van der Waals surface area contributed by atoms with Crippen LogP contribution < -0.4 is 9.47 Å². The molecule has 1 aliphatic rings. The third kappa shape index (κ3) is 2.69. The Labute approximate surface area is 139 Å². The topological polar surface area (TPSA) is 65.5 Å². The SMILES string of the molecule is COc1cc(CC2=C(C)C(=O)c3ncccc3C2=O)cc(OC)c1. The maximum absolute atomic E-state index is 12.8. The zero-order chi connectivity index (χ0) is 17.3. The first-order chi connectivity index (χ1) is 11.5. The van der Waals surface area contributed by atoms with Gasteiger partial charge >= 0.3 is 0 Å². The first-order valence-electron chi connectivity index (χ1n) is 7.51. The Morgan fingerprint density at radius 2 is 1.67 bits per heavy atom. The van der Waals surface area contributed by atoms with E-state index < -0.39 is 0 Å². The smallest absolute Gasteiger partial charge is 0.208 e. The first-order valence-corrected chi connectivity index (χ1v) is 7.51. The van der Waals surface area contributed by atoms with Gasteiger partial charge in [-0.1, -0.05) is 0 Å². The van der Waals surface area contributed by atoms with E-state index in [4.69, 9.17) is 9.47 Å². The molecule has 0 amide bonds. The van der Waals surface area contributed by atoms with Crippen LogP contribution >= 0.6 is 0 Å². The van der Waals surface area contributed by atoms with Crippen molar-refractivity contribution < 1.29 is 19.1 Å². The molecule has 0 radical (unpaired) electrons. The van der Waals surface area contributed by atoms with E-state index in [2.05, 4.69) is 4.98 Å². The van der Waals surface area contributed by atoms with Crippen LogP contribution in [0.4, 0.5) is 0 Å². The Kier molecular flexibility index (Phi) is 4.16. The predicted molar refractivity (Wildman–Crippen MR) is 88.8 cm³/mol. The van der Waals surface area contributed by atoms with Crippen molar-refractivity contribution in [2.24, 2.45) is 0 Å². The summed E-state index contributed by atoms with van der Waals surface area (Å²) in [7, 11) is 3.14. The van der Waals surface area contributed by atoms with E-state index in [1.807, 2.05) is 12.1 Å². The van der Waals surface area contributed by atoms with Crippen LogP contribution in [0.5, 0.6) is 11.5 Å². The summed E-state index contributed by atoms with van der Waals surface area (Å²) in [6.45, 7) is 1.67. The molecule has 5 heteroatoms. The molecule has 0 saturated carbocycles.